The number of benzene rings is 1. The number of pyridine rings is 1. The maximum atomic E-state index is 12.9. The number of carbonyl (C=O) groups excluding carboxylic acids is 1. The second-order valence-corrected chi connectivity index (χ2v) is 14.0. The van der Waals surface area contributed by atoms with Crippen LogP contribution >= 0.6 is 11.3 Å². The van der Waals surface area contributed by atoms with Crippen molar-refractivity contribution in [2.45, 2.75) is 96.1 Å². The zero-order chi connectivity index (χ0) is 29.9. The van der Waals surface area contributed by atoms with Gasteiger partial charge in [-0.15, -0.1) is 11.3 Å². The second-order valence-electron chi connectivity index (χ2n) is 13.1. The number of methoxy groups -OCH3 is 1. The molecule has 5 rings (SSSR count). The number of ether oxygens (including phenoxy) is 2. The van der Waals surface area contributed by atoms with Crippen molar-refractivity contribution in [3.05, 3.63) is 64.8 Å². The Balaban J connectivity index is 1.34. The SMILES string of the molecule is CO[C@H](C)C(=O)N[C@@H](Cc1cccc(-c2nccs2)c1)[C@@H](O)CN[C@H]1CC2(CCC2)Oc2ncc(CC(C)(C)C)cc21. The third-order valence-corrected chi connectivity index (χ3v) is 9.17. The molecule has 4 atom stereocenters. The lowest BCUT2D eigenvalue weighted by molar-refractivity contribution is -0.131. The van der Waals surface area contributed by atoms with Gasteiger partial charge in [-0.25, -0.2) is 9.97 Å². The Labute approximate surface area is 253 Å². The van der Waals surface area contributed by atoms with Crippen molar-refractivity contribution < 1.29 is 19.4 Å². The quantitative estimate of drug-likeness (QED) is 0.279. The number of hydrogen-bond donors (Lipinski definition) is 3. The minimum absolute atomic E-state index is 0.00130. The molecule has 9 heteroatoms. The molecule has 2 aliphatic rings. The van der Waals surface area contributed by atoms with Crippen molar-refractivity contribution in [1.82, 2.24) is 20.6 Å². The van der Waals surface area contributed by atoms with Gasteiger partial charge in [0.05, 0.1) is 12.1 Å². The number of nitrogens with zero attached hydrogens (tertiary/aromatic N) is 2. The summed E-state index contributed by atoms with van der Waals surface area (Å²) in [5.74, 6) is 0.446. The monoisotopic (exact) mass is 592 g/mol. The topological polar surface area (TPSA) is 106 Å². The summed E-state index contributed by atoms with van der Waals surface area (Å²) in [7, 11) is 1.51. The van der Waals surface area contributed by atoms with Crippen molar-refractivity contribution in [2.75, 3.05) is 13.7 Å². The van der Waals surface area contributed by atoms with Crippen LogP contribution < -0.4 is 15.4 Å². The van der Waals surface area contributed by atoms with E-state index in [1.165, 1.54) is 12.7 Å². The molecule has 1 saturated carbocycles. The third-order valence-electron chi connectivity index (χ3n) is 8.35. The molecule has 1 amide bonds. The van der Waals surface area contributed by atoms with Gasteiger partial charge in [-0.1, -0.05) is 39.0 Å². The predicted octanol–water partition coefficient (Wildman–Crippen LogP) is 5.25. The summed E-state index contributed by atoms with van der Waals surface area (Å²) in [4.78, 5) is 22.1. The zero-order valence-electron chi connectivity index (χ0n) is 25.4. The molecule has 1 aliphatic heterocycles. The van der Waals surface area contributed by atoms with E-state index in [0.717, 1.165) is 53.8 Å². The molecule has 3 N–H and O–H groups in total. The van der Waals surface area contributed by atoms with Gasteiger partial charge >= 0.3 is 0 Å². The first-order valence-corrected chi connectivity index (χ1v) is 15.8. The Morgan fingerprint density at radius 1 is 1.24 bits per heavy atom. The number of nitrogens with one attached hydrogen (secondary N) is 2. The van der Waals surface area contributed by atoms with Gasteiger partial charge in [0, 0.05) is 55.0 Å². The highest BCUT2D eigenvalue weighted by molar-refractivity contribution is 7.13. The summed E-state index contributed by atoms with van der Waals surface area (Å²) in [6.07, 6.45) is 7.67. The van der Waals surface area contributed by atoms with Crippen LogP contribution in [0.2, 0.25) is 0 Å². The van der Waals surface area contributed by atoms with Gasteiger partial charge in [-0.3, -0.25) is 4.79 Å². The average Bonchev–Trinajstić information content (AvgIpc) is 3.48. The van der Waals surface area contributed by atoms with E-state index in [1.54, 1.807) is 24.5 Å². The molecule has 0 radical (unpaired) electrons. The maximum absolute atomic E-state index is 12.9. The number of thiazole rings is 1. The van der Waals surface area contributed by atoms with Gasteiger partial charge in [0.1, 0.15) is 16.7 Å². The Morgan fingerprint density at radius 2 is 2.05 bits per heavy atom. The van der Waals surface area contributed by atoms with E-state index in [0.29, 0.717) is 18.8 Å². The fourth-order valence-corrected chi connectivity index (χ4v) is 6.53. The number of carbonyl (C=O) groups is 1. The largest absolute Gasteiger partial charge is 0.471 e. The highest BCUT2D eigenvalue weighted by atomic mass is 32.1. The molecule has 226 valence electrons. The molecule has 8 nitrogen and oxygen atoms in total. The number of aliphatic hydroxyl groups is 1. The summed E-state index contributed by atoms with van der Waals surface area (Å²) >= 11 is 1.58. The fraction of sp³-hybridized carbons (Fsp3) is 0.545. The molecule has 1 fully saturated rings. The van der Waals surface area contributed by atoms with Crippen molar-refractivity contribution >= 4 is 17.2 Å². The molecular formula is C33H44N4O4S. The van der Waals surface area contributed by atoms with Gasteiger partial charge < -0.3 is 25.2 Å². The Morgan fingerprint density at radius 3 is 2.71 bits per heavy atom. The van der Waals surface area contributed by atoms with Crippen molar-refractivity contribution in [3.8, 4) is 16.5 Å². The summed E-state index contributed by atoms with van der Waals surface area (Å²) in [6.45, 7) is 8.69. The number of hydrogen-bond acceptors (Lipinski definition) is 8. The molecular weight excluding hydrogens is 548 g/mol. The van der Waals surface area contributed by atoms with Crippen LogP contribution in [0.4, 0.5) is 0 Å². The molecule has 1 aliphatic carbocycles. The molecule has 42 heavy (non-hydrogen) atoms. The minimum Gasteiger partial charge on any atom is -0.471 e. The van der Waals surface area contributed by atoms with Crippen LogP contribution in [0.5, 0.6) is 5.88 Å². The van der Waals surface area contributed by atoms with Crippen LogP contribution in [0, 0.1) is 5.41 Å². The van der Waals surface area contributed by atoms with Crippen LogP contribution in [0.3, 0.4) is 0 Å². The highest BCUT2D eigenvalue weighted by Gasteiger charge is 2.46. The summed E-state index contributed by atoms with van der Waals surface area (Å²) < 4.78 is 11.7. The fourth-order valence-electron chi connectivity index (χ4n) is 5.89. The first-order valence-electron chi connectivity index (χ1n) is 15.0. The molecule has 0 saturated heterocycles. The normalized spacial score (nSPS) is 19.7. The molecule has 1 spiro atoms. The molecule has 0 unspecified atom stereocenters. The Bertz CT molecular complexity index is 1350. The highest BCUT2D eigenvalue weighted by Crippen LogP contribution is 2.48. The lowest BCUT2D eigenvalue weighted by Gasteiger charge is -2.47. The smallest absolute Gasteiger partial charge is 0.249 e. The van der Waals surface area contributed by atoms with Crippen LogP contribution in [0.1, 0.15) is 76.1 Å². The number of aromatic nitrogens is 2. The first-order chi connectivity index (χ1) is 20.0. The van der Waals surface area contributed by atoms with Gasteiger partial charge in [0.25, 0.3) is 0 Å². The first kappa shape index (κ1) is 30.6. The lowest BCUT2D eigenvalue weighted by atomic mass is 9.73. The molecule has 2 aromatic heterocycles. The van der Waals surface area contributed by atoms with Crippen LogP contribution in [-0.2, 0) is 22.4 Å². The van der Waals surface area contributed by atoms with Crippen LogP contribution in [0.25, 0.3) is 10.6 Å². The van der Waals surface area contributed by atoms with E-state index >= 15 is 0 Å². The number of aliphatic hydroxyl groups excluding tert-OH is 1. The molecule has 3 aromatic rings. The van der Waals surface area contributed by atoms with Gasteiger partial charge in [-0.2, -0.15) is 0 Å². The van der Waals surface area contributed by atoms with Crippen molar-refractivity contribution in [3.63, 3.8) is 0 Å². The van der Waals surface area contributed by atoms with E-state index in [2.05, 4.69) is 48.5 Å². The van der Waals surface area contributed by atoms with E-state index < -0.39 is 18.2 Å². The molecule has 3 heterocycles. The third kappa shape index (κ3) is 7.37. The number of fused-ring (bicyclic) bond motifs is 1. The average molecular weight is 593 g/mol. The van der Waals surface area contributed by atoms with Crippen LogP contribution in [0.15, 0.2) is 48.1 Å². The van der Waals surface area contributed by atoms with E-state index in [4.69, 9.17) is 14.5 Å². The summed E-state index contributed by atoms with van der Waals surface area (Å²) in [6, 6.07) is 9.82. The lowest BCUT2D eigenvalue weighted by Crippen LogP contribution is -2.53. The summed E-state index contributed by atoms with van der Waals surface area (Å²) in [5.41, 5.74) is 4.21. The number of rotatable bonds is 11. The zero-order valence-corrected chi connectivity index (χ0v) is 26.2. The van der Waals surface area contributed by atoms with Crippen LogP contribution in [-0.4, -0.2) is 58.5 Å². The van der Waals surface area contributed by atoms with Gasteiger partial charge in [-0.05, 0) is 67.7 Å². The van der Waals surface area contributed by atoms with Gasteiger partial charge in [0.15, 0.2) is 0 Å². The summed E-state index contributed by atoms with van der Waals surface area (Å²) in [5, 5.41) is 21.1. The second kappa shape index (κ2) is 12.8. The van der Waals surface area contributed by atoms with Crippen molar-refractivity contribution in [2.24, 2.45) is 5.41 Å². The van der Waals surface area contributed by atoms with Crippen molar-refractivity contribution in [1.29, 1.82) is 0 Å². The maximum Gasteiger partial charge on any atom is 0.249 e. The standard InChI is InChI=1S/C33H44N4O4S/c1-21(40-5)29(39)37-26(16-22-8-6-9-24(14-22)31-34-12-13-42-31)28(38)20-35-27-18-33(10-7-11-33)41-30-25(27)15-23(19-36-30)17-32(2,3)4/h6,8-9,12-15,19,21,26-28,35,38H,7,10-11,16-18,20H2,1-5H3,(H,37,39)/t21-,26+,27+,28+/m1/s1. The van der Waals surface area contributed by atoms with Gasteiger partial charge in [0.2, 0.25) is 11.8 Å². The minimum atomic E-state index is -0.837. The van der Waals surface area contributed by atoms with E-state index in [9.17, 15) is 9.90 Å². The molecule has 0 bridgehead atoms. The van der Waals surface area contributed by atoms with E-state index in [1.807, 2.05) is 29.8 Å². The van der Waals surface area contributed by atoms with E-state index in [-0.39, 0.29) is 23.0 Å². The number of amides is 1. The predicted molar refractivity (Wildman–Crippen MR) is 166 cm³/mol. The Hall–Kier alpha value is -2.85. The Kier molecular flexibility index (Phi) is 9.32. The molecule has 1 aromatic carbocycles.